The van der Waals surface area contributed by atoms with Gasteiger partial charge in [0.05, 0.1) is 7.11 Å². The highest BCUT2D eigenvalue weighted by Crippen LogP contribution is 2.29. The molecule has 6 heteroatoms. The van der Waals surface area contributed by atoms with E-state index in [1.54, 1.807) is 0 Å². The fourth-order valence-electron chi connectivity index (χ4n) is 0.810. The summed E-state index contributed by atoms with van der Waals surface area (Å²) < 4.78 is 41.9. The first-order valence-corrected chi connectivity index (χ1v) is 3.55. The highest BCUT2D eigenvalue weighted by atomic mass is 35.5. The maximum atomic E-state index is 12.9. The summed E-state index contributed by atoms with van der Waals surface area (Å²) in [7, 11) is 1.17. The Morgan fingerprint density at radius 1 is 1.31 bits per heavy atom. The van der Waals surface area contributed by atoms with Crippen LogP contribution in [0.25, 0.3) is 0 Å². The van der Waals surface area contributed by atoms with Crippen LogP contribution in [0.3, 0.4) is 0 Å². The Bertz CT molecular complexity index is 319. The summed E-state index contributed by atoms with van der Waals surface area (Å²) in [6.07, 6.45) is 0. The zero-order valence-electron chi connectivity index (χ0n) is 6.52. The third-order valence-corrected chi connectivity index (χ3v) is 1.61. The van der Waals surface area contributed by atoms with E-state index in [0.717, 1.165) is 12.1 Å². The fraction of sp³-hybridized carbons (Fsp3) is 0.143. The van der Waals surface area contributed by atoms with Crippen molar-refractivity contribution in [3.8, 4) is 5.75 Å². The van der Waals surface area contributed by atoms with Gasteiger partial charge in [0.1, 0.15) is 5.69 Å². The molecule has 2 nitrogen and oxygen atoms in total. The van der Waals surface area contributed by atoms with Gasteiger partial charge in [-0.2, -0.15) is 4.39 Å². The first-order valence-electron chi connectivity index (χ1n) is 3.21. The molecule has 0 saturated carbocycles. The van der Waals surface area contributed by atoms with E-state index in [1.165, 1.54) is 7.11 Å². The Kier molecular flexibility index (Phi) is 2.87. The third kappa shape index (κ3) is 1.80. The molecular formula is C7H5ClF3NO. The predicted octanol–water partition coefficient (Wildman–Crippen LogP) is 2.82. The minimum Gasteiger partial charge on any atom is -0.494 e. The molecular weight excluding hydrogens is 207 g/mol. The summed E-state index contributed by atoms with van der Waals surface area (Å²) in [4.78, 5) is 0. The molecule has 0 saturated heterocycles. The van der Waals surface area contributed by atoms with E-state index in [-0.39, 0.29) is 5.75 Å². The van der Waals surface area contributed by atoms with E-state index in [9.17, 15) is 13.3 Å². The van der Waals surface area contributed by atoms with E-state index in [2.05, 4.69) is 4.74 Å². The summed E-state index contributed by atoms with van der Waals surface area (Å²) in [6, 6.07) is 2.03. The number of hydrogen-bond acceptors (Lipinski definition) is 2. The number of anilines is 1. The first kappa shape index (κ1) is 9.98. The Balaban J connectivity index is 3.23. The third-order valence-electron chi connectivity index (χ3n) is 1.43. The SMILES string of the molecule is COc1ccc(N(F)Cl)c(F)c1F. The van der Waals surface area contributed by atoms with Gasteiger partial charge in [0.15, 0.2) is 11.6 Å². The lowest BCUT2D eigenvalue weighted by atomic mass is 10.3. The van der Waals surface area contributed by atoms with Crippen LogP contribution in [0.4, 0.5) is 18.9 Å². The molecule has 0 heterocycles. The lowest BCUT2D eigenvalue weighted by Gasteiger charge is -2.08. The molecule has 0 bridgehead atoms. The van der Waals surface area contributed by atoms with E-state index >= 15 is 0 Å². The molecule has 0 amide bonds. The van der Waals surface area contributed by atoms with Crippen LogP contribution in [0.2, 0.25) is 0 Å². The second-order valence-corrected chi connectivity index (χ2v) is 2.44. The Morgan fingerprint density at radius 2 is 1.92 bits per heavy atom. The monoisotopic (exact) mass is 211 g/mol. The number of nitrogens with zero attached hydrogens (tertiary/aromatic N) is 1. The molecule has 0 aromatic heterocycles. The Morgan fingerprint density at radius 3 is 2.38 bits per heavy atom. The van der Waals surface area contributed by atoms with Gasteiger partial charge in [-0.3, -0.25) is 0 Å². The number of methoxy groups -OCH3 is 1. The number of rotatable bonds is 2. The second kappa shape index (κ2) is 3.74. The number of halogens is 4. The van der Waals surface area contributed by atoms with E-state index in [1.807, 2.05) is 0 Å². The molecule has 1 aromatic rings. The van der Waals surface area contributed by atoms with Crippen molar-refractivity contribution in [1.82, 2.24) is 0 Å². The van der Waals surface area contributed by atoms with Gasteiger partial charge in [0, 0.05) is 11.8 Å². The highest BCUT2D eigenvalue weighted by molar-refractivity contribution is 6.24. The smallest absolute Gasteiger partial charge is 0.202 e. The van der Waals surface area contributed by atoms with E-state index < -0.39 is 22.0 Å². The van der Waals surface area contributed by atoms with E-state index in [0.29, 0.717) is 0 Å². The quantitative estimate of drug-likeness (QED) is 0.698. The Hall–Kier alpha value is -1.10. The first-order chi connectivity index (χ1) is 6.07. The molecule has 0 spiro atoms. The van der Waals surface area contributed by atoms with Crippen LogP contribution in [-0.4, -0.2) is 7.11 Å². The summed E-state index contributed by atoms with van der Waals surface area (Å²) in [5, 5.41) is 0. The van der Waals surface area contributed by atoms with Crippen molar-refractivity contribution >= 4 is 17.5 Å². The average Bonchev–Trinajstić information content (AvgIpc) is 2.09. The van der Waals surface area contributed by atoms with Crippen LogP contribution < -0.4 is 9.38 Å². The van der Waals surface area contributed by atoms with Gasteiger partial charge in [0.2, 0.25) is 5.82 Å². The maximum Gasteiger partial charge on any atom is 0.202 e. The molecule has 72 valence electrons. The van der Waals surface area contributed by atoms with Crippen molar-refractivity contribution in [3.05, 3.63) is 23.8 Å². The average molecular weight is 212 g/mol. The lowest BCUT2D eigenvalue weighted by Crippen LogP contribution is -2.01. The van der Waals surface area contributed by atoms with Gasteiger partial charge in [0.25, 0.3) is 0 Å². The molecule has 0 fully saturated rings. The zero-order valence-corrected chi connectivity index (χ0v) is 7.28. The molecule has 1 rings (SSSR count). The second-order valence-electron chi connectivity index (χ2n) is 2.15. The molecule has 0 aliphatic carbocycles. The summed E-state index contributed by atoms with van der Waals surface area (Å²) in [5.41, 5.74) is -0.694. The largest absolute Gasteiger partial charge is 0.494 e. The summed E-state index contributed by atoms with van der Waals surface area (Å²) >= 11 is 4.80. The molecule has 0 N–H and O–H groups in total. The highest BCUT2D eigenvalue weighted by Gasteiger charge is 2.17. The van der Waals surface area contributed by atoms with Crippen molar-refractivity contribution < 1.29 is 18.0 Å². The van der Waals surface area contributed by atoms with Crippen LogP contribution in [0.5, 0.6) is 5.75 Å². The lowest BCUT2D eigenvalue weighted by molar-refractivity contribution is 0.370. The fourth-order valence-corrected chi connectivity index (χ4v) is 0.940. The van der Waals surface area contributed by atoms with Crippen LogP contribution in [0.15, 0.2) is 12.1 Å². The molecule has 13 heavy (non-hydrogen) atoms. The van der Waals surface area contributed by atoms with Gasteiger partial charge in [-0.15, -0.1) is 4.64 Å². The van der Waals surface area contributed by atoms with Crippen molar-refractivity contribution in [2.45, 2.75) is 0 Å². The zero-order chi connectivity index (χ0) is 10.0. The Labute approximate surface area is 77.5 Å². The van der Waals surface area contributed by atoms with Crippen LogP contribution in [0, 0.1) is 11.6 Å². The molecule has 0 unspecified atom stereocenters. The molecule has 0 atom stereocenters. The van der Waals surface area contributed by atoms with Gasteiger partial charge < -0.3 is 4.74 Å². The maximum absolute atomic E-state index is 12.9. The van der Waals surface area contributed by atoms with Crippen molar-refractivity contribution in [2.75, 3.05) is 11.8 Å². The summed E-state index contributed by atoms with van der Waals surface area (Å²) in [5.74, 6) is -2.97. The molecule has 0 radical (unpaired) electrons. The van der Waals surface area contributed by atoms with Crippen molar-refractivity contribution in [1.29, 1.82) is 0 Å². The van der Waals surface area contributed by atoms with Gasteiger partial charge in [-0.1, -0.05) is 4.48 Å². The molecule has 1 aromatic carbocycles. The molecule has 0 aliphatic heterocycles. The summed E-state index contributed by atoms with van der Waals surface area (Å²) in [6.45, 7) is 0. The normalized spacial score (nSPS) is 9.92. The van der Waals surface area contributed by atoms with Crippen molar-refractivity contribution in [2.24, 2.45) is 0 Å². The number of ether oxygens (including phenoxy) is 1. The predicted molar refractivity (Wildman–Crippen MR) is 42.4 cm³/mol. The van der Waals surface area contributed by atoms with E-state index in [4.69, 9.17) is 11.8 Å². The van der Waals surface area contributed by atoms with Crippen LogP contribution >= 0.6 is 11.8 Å². The number of benzene rings is 1. The molecule has 0 aliphatic rings. The number of hydrogen-bond donors (Lipinski definition) is 0. The van der Waals surface area contributed by atoms with Crippen molar-refractivity contribution in [3.63, 3.8) is 0 Å². The van der Waals surface area contributed by atoms with Crippen LogP contribution in [-0.2, 0) is 0 Å². The minimum absolute atomic E-state index is 0.306. The minimum atomic E-state index is -1.39. The van der Waals surface area contributed by atoms with Gasteiger partial charge >= 0.3 is 0 Å². The topological polar surface area (TPSA) is 12.5 Å². The van der Waals surface area contributed by atoms with Gasteiger partial charge in [-0.25, -0.2) is 4.39 Å². The van der Waals surface area contributed by atoms with Crippen LogP contribution in [0.1, 0.15) is 0 Å². The standard InChI is InChI=1S/C7H5ClF3NO/c1-13-5-3-2-4(12(8)11)6(9)7(5)10/h2-3H,1H3. The van der Waals surface area contributed by atoms with Gasteiger partial charge in [-0.05, 0) is 12.1 Å².